The van der Waals surface area contributed by atoms with Crippen LogP contribution in [0.2, 0.25) is 0 Å². The summed E-state index contributed by atoms with van der Waals surface area (Å²) in [5.41, 5.74) is 5.85. The highest BCUT2D eigenvalue weighted by atomic mass is 79.9. The predicted molar refractivity (Wildman–Crippen MR) is 77.6 cm³/mol. The van der Waals surface area contributed by atoms with Crippen molar-refractivity contribution in [3.8, 4) is 5.75 Å². The molecule has 0 aromatic heterocycles. The third-order valence-corrected chi connectivity index (χ3v) is 5.07. The number of rotatable bonds is 5. The van der Waals surface area contributed by atoms with Gasteiger partial charge in [-0.15, -0.1) is 0 Å². The summed E-state index contributed by atoms with van der Waals surface area (Å²) in [5, 5.41) is 0. The number of para-hydroxylation sites is 1. The molecule has 4 heteroatoms. The summed E-state index contributed by atoms with van der Waals surface area (Å²) in [6.45, 7) is 1.44. The minimum absolute atomic E-state index is 0.483. The van der Waals surface area contributed by atoms with E-state index in [0.717, 1.165) is 29.3 Å². The molecule has 1 aromatic carbocycles. The fourth-order valence-electron chi connectivity index (χ4n) is 2.08. The maximum absolute atomic E-state index is 5.87. The van der Waals surface area contributed by atoms with Crippen LogP contribution in [-0.4, -0.2) is 24.7 Å². The summed E-state index contributed by atoms with van der Waals surface area (Å²) in [5.74, 6) is 4.64. The number of nitrogens with two attached hydrogens (primary N) is 1. The van der Waals surface area contributed by atoms with Crippen LogP contribution in [0.15, 0.2) is 28.7 Å². The number of thioether (sulfide) groups is 1. The van der Waals surface area contributed by atoms with Crippen LogP contribution in [0.5, 0.6) is 5.75 Å². The molecule has 2 nitrogen and oxygen atoms in total. The number of hydrogen-bond donors (Lipinski definition) is 1. The van der Waals surface area contributed by atoms with E-state index in [2.05, 4.69) is 15.9 Å². The molecule has 1 aliphatic heterocycles. The van der Waals surface area contributed by atoms with Gasteiger partial charge in [-0.05, 0) is 58.5 Å². The first-order valence-electron chi connectivity index (χ1n) is 5.96. The van der Waals surface area contributed by atoms with E-state index in [-0.39, 0.29) is 0 Å². The Hall–Kier alpha value is -0.190. The molecule has 2 N–H and O–H groups in total. The van der Waals surface area contributed by atoms with Crippen LogP contribution in [0.3, 0.4) is 0 Å². The van der Waals surface area contributed by atoms with Gasteiger partial charge in [0.1, 0.15) is 5.75 Å². The second kappa shape index (κ2) is 6.66. The zero-order valence-corrected chi connectivity index (χ0v) is 12.2. The molecule has 17 heavy (non-hydrogen) atoms. The van der Waals surface area contributed by atoms with E-state index < -0.39 is 0 Å². The summed E-state index contributed by atoms with van der Waals surface area (Å²) < 4.78 is 6.88. The van der Waals surface area contributed by atoms with E-state index in [1.807, 2.05) is 36.0 Å². The van der Waals surface area contributed by atoms with Crippen molar-refractivity contribution in [2.24, 2.45) is 17.6 Å². The van der Waals surface area contributed by atoms with Crippen molar-refractivity contribution in [2.45, 2.75) is 6.42 Å². The Morgan fingerprint density at radius 3 is 2.94 bits per heavy atom. The average Bonchev–Trinajstić information content (AvgIpc) is 2.86. The van der Waals surface area contributed by atoms with Gasteiger partial charge in [-0.25, -0.2) is 0 Å². The van der Waals surface area contributed by atoms with Gasteiger partial charge in [0, 0.05) is 5.92 Å². The van der Waals surface area contributed by atoms with E-state index in [0.29, 0.717) is 5.92 Å². The Bertz CT molecular complexity index is 355. The van der Waals surface area contributed by atoms with Crippen LogP contribution >= 0.6 is 27.7 Å². The average molecular weight is 316 g/mol. The minimum atomic E-state index is 0.483. The normalized spacial score (nSPS) is 21.4. The van der Waals surface area contributed by atoms with Crippen LogP contribution in [0, 0.1) is 11.8 Å². The number of halogens is 1. The Morgan fingerprint density at radius 1 is 1.47 bits per heavy atom. The quantitative estimate of drug-likeness (QED) is 0.906. The molecule has 0 saturated carbocycles. The van der Waals surface area contributed by atoms with Gasteiger partial charge in [0.05, 0.1) is 11.1 Å². The summed E-state index contributed by atoms with van der Waals surface area (Å²) >= 11 is 5.52. The smallest absolute Gasteiger partial charge is 0.133 e. The van der Waals surface area contributed by atoms with E-state index in [9.17, 15) is 0 Å². The van der Waals surface area contributed by atoms with Crippen LogP contribution < -0.4 is 10.5 Å². The zero-order chi connectivity index (χ0) is 12.1. The van der Waals surface area contributed by atoms with Crippen molar-refractivity contribution >= 4 is 27.7 Å². The molecule has 1 saturated heterocycles. The van der Waals surface area contributed by atoms with Gasteiger partial charge >= 0.3 is 0 Å². The Kier molecular flexibility index (Phi) is 5.19. The minimum Gasteiger partial charge on any atom is -0.492 e. The molecule has 0 spiro atoms. The van der Waals surface area contributed by atoms with Crippen molar-refractivity contribution in [3.05, 3.63) is 28.7 Å². The lowest BCUT2D eigenvalue weighted by Crippen LogP contribution is -2.29. The second-order valence-electron chi connectivity index (χ2n) is 4.36. The summed E-state index contributed by atoms with van der Waals surface area (Å²) in [4.78, 5) is 0. The molecule has 0 aliphatic carbocycles. The van der Waals surface area contributed by atoms with Gasteiger partial charge in [0.25, 0.3) is 0 Å². The molecule has 0 radical (unpaired) electrons. The summed E-state index contributed by atoms with van der Waals surface area (Å²) in [6.07, 6.45) is 1.28. The molecule has 2 rings (SSSR count). The molecule has 94 valence electrons. The molecule has 1 heterocycles. The van der Waals surface area contributed by atoms with Gasteiger partial charge < -0.3 is 10.5 Å². The van der Waals surface area contributed by atoms with Crippen molar-refractivity contribution in [1.82, 2.24) is 0 Å². The van der Waals surface area contributed by atoms with Crippen LogP contribution in [0.25, 0.3) is 0 Å². The van der Waals surface area contributed by atoms with Crippen LogP contribution in [0.4, 0.5) is 0 Å². The Morgan fingerprint density at radius 2 is 2.29 bits per heavy atom. The molecule has 1 aliphatic rings. The van der Waals surface area contributed by atoms with E-state index in [4.69, 9.17) is 10.5 Å². The van der Waals surface area contributed by atoms with Crippen molar-refractivity contribution < 1.29 is 4.74 Å². The fourth-order valence-corrected chi connectivity index (χ4v) is 3.86. The standard InChI is InChI=1S/C13H18BrNOS/c14-12-3-1-2-4-13(12)16-8-11(7-15)10-5-6-17-9-10/h1-4,10-11H,5-9,15H2. The largest absolute Gasteiger partial charge is 0.492 e. The lowest BCUT2D eigenvalue weighted by molar-refractivity contribution is 0.208. The van der Waals surface area contributed by atoms with E-state index in [1.54, 1.807) is 0 Å². The molecule has 1 aromatic rings. The topological polar surface area (TPSA) is 35.2 Å². The van der Waals surface area contributed by atoms with Crippen LogP contribution in [-0.2, 0) is 0 Å². The maximum Gasteiger partial charge on any atom is 0.133 e. The lowest BCUT2D eigenvalue weighted by Gasteiger charge is -2.21. The Balaban J connectivity index is 1.89. The lowest BCUT2D eigenvalue weighted by atomic mass is 9.93. The van der Waals surface area contributed by atoms with Gasteiger partial charge in [-0.1, -0.05) is 12.1 Å². The molecule has 2 unspecified atom stereocenters. The Labute approximate surface area is 115 Å². The van der Waals surface area contributed by atoms with Gasteiger partial charge in [0.2, 0.25) is 0 Å². The maximum atomic E-state index is 5.87. The van der Waals surface area contributed by atoms with Crippen LogP contribution in [0.1, 0.15) is 6.42 Å². The first kappa shape index (κ1) is 13.2. The SMILES string of the molecule is NCC(COc1ccccc1Br)C1CCSC1. The fraction of sp³-hybridized carbons (Fsp3) is 0.538. The van der Waals surface area contributed by atoms with Crippen molar-refractivity contribution in [2.75, 3.05) is 24.7 Å². The third kappa shape index (κ3) is 3.63. The van der Waals surface area contributed by atoms with E-state index in [1.165, 1.54) is 17.9 Å². The molecule has 0 bridgehead atoms. The van der Waals surface area contributed by atoms with Crippen molar-refractivity contribution in [1.29, 1.82) is 0 Å². The second-order valence-corrected chi connectivity index (χ2v) is 6.37. The van der Waals surface area contributed by atoms with E-state index >= 15 is 0 Å². The van der Waals surface area contributed by atoms with Gasteiger partial charge in [0.15, 0.2) is 0 Å². The number of hydrogen-bond acceptors (Lipinski definition) is 3. The third-order valence-electron chi connectivity index (χ3n) is 3.22. The molecular formula is C13H18BrNOS. The monoisotopic (exact) mass is 315 g/mol. The first-order valence-corrected chi connectivity index (χ1v) is 7.91. The molecule has 0 amide bonds. The molecule has 2 atom stereocenters. The first-order chi connectivity index (χ1) is 8.31. The van der Waals surface area contributed by atoms with Crippen molar-refractivity contribution in [3.63, 3.8) is 0 Å². The van der Waals surface area contributed by atoms with Gasteiger partial charge in [-0.2, -0.15) is 11.8 Å². The van der Waals surface area contributed by atoms with Gasteiger partial charge in [-0.3, -0.25) is 0 Å². The highest BCUT2D eigenvalue weighted by molar-refractivity contribution is 9.10. The highest BCUT2D eigenvalue weighted by Crippen LogP contribution is 2.31. The number of ether oxygens (including phenoxy) is 1. The molecule has 1 fully saturated rings. The zero-order valence-electron chi connectivity index (χ0n) is 9.77. The molecular weight excluding hydrogens is 298 g/mol. The predicted octanol–water partition coefficient (Wildman–Crippen LogP) is 3.16. The summed E-state index contributed by atoms with van der Waals surface area (Å²) in [7, 11) is 0. The summed E-state index contributed by atoms with van der Waals surface area (Å²) in [6, 6.07) is 7.97. The highest BCUT2D eigenvalue weighted by Gasteiger charge is 2.25. The number of benzene rings is 1.